The smallest absolute Gasteiger partial charge is 0.304 e. The predicted molar refractivity (Wildman–Crippen MR) is 165 cm³/mol. The average Bonchev–Trinajstić information content (AvgIpc) is 3.67. The van der Waals surface area contributed by atoms with Crippen LogP contribution in [-0.4, -0.2) is 53.3 Å². The lowest BCUT2D eigenvalue weighted by atomic mass is 9.87. The van der Waals surface area contributed by atoms with Gasteiger partial charge in [0, 0.05) is 19.2 Å². The quantitative estimate of drug-likeness (QED) is 0.195. The zero-order valence-electron chi connectivity index (χ0n) is 23.8. The lowest BCUT2D eigenvalue weighted by Gasteiger charge is -2.23. The number of sulfonamides is 1. The van der Waals surface area contributed by atoms with E-state index in [1.54, 1.807) is 43.5 Å². The molecular formula is C31H34N4O6S2. The van der Waals surface area contributed by atoms with Crippen LogP contribution in [0, 0.1) is 5.92 Å². The van der Waals surface area contributed by atoms with Gasteiger partial charge in [-0.3, -0.25) is 9.59 Å². The maximum Gasteiger partial charge on any atom is 0.304 e. The number of nitrogens with zero attached hydrogens (tertiary/aromatic N) is 3. The summed E-state index contributed by atoms with van der Waals surface area (Å²) in [7, 11) is -2.46. The van der Waals surface area contributed by atoms with Crippen molar-refractivity contribution in [1.82, 2.24) is 14.3 Å². The summed E-state index contributed by atoms with van der Waals surface area (Å²) in [6.45, 7) is -0.113. The van der Waals surface area contributed by atoms with E-state index in [0.717, 1.165) is 31.2 Å². The van der Waals surface area contributed by atoms with Crippen LogP contribution in [0.4, 0.5) is 5.13 Å². The van der Waals surface area contributed by atoms with E-state index in [2.05, 4.69) is 15.3 Å². The summed E-state index contributed by atoms with van der Waals surface area (Å²) in [6.07, 6.45) is 4.71. The Bertz CT molecular complexity index is 1670. The second kappa shape index (κ2) is 13.6. The van der Waals surface area contributed by atoms with E-state index >= 15 is 0 Å². The molecule has 0 bridgehead atoms. The van der Waals surface area contributed by atoms with Gasteiger partial charge in [-0.1, -0.05) is 79.5 Å². The zero-order valence-corrected chi connectivity index (χ0v) is 25.4. The summed E-state index contributed by atoms with van der Waals surface area (Å²) in [6, 6.07) is 19.0. The maximum atomic E-state index is 13.7. The van der Waals surface area contributed by atoms with Crippen LogP contribution in [0.1, 0.15) is 55.6 Å². The first-order valence-corrected chi connectivity index (χ1v) is 16.5. The number of hydrogen-bond acceptors (Lipinski definition) is 8. The Morgan fingerprint density at radius 2 is 1.77 bits per heavy atom. The molecule has 0 spiro atoms. The number of rotatable bonds is 13. The number of pyridine rings is 1. The van der Waals surface area contributed by atoms with Crippen molar-refractivity contribution < 1.29 is 27.9 Å². The fourth-order valence-corrected chi connectivity index (χ4v) is 7.71. The summed E-state index contributed by atoms with van der Waals surface area (Å²) < 4.78 is 33.7. The third kappa shape index (κ3) is 7.56. The number of fused-ring (bicyclic) bond motifs is 1. The molecule has 10 nitrogen and oxygen atoms in total. The largest absolute Gasteiger partial charge is 0.481 e. The van der Waals surface area contributed by atoms with E-state index in [9.17, 15) is 23.1 Å². The van der Waals surface area contributed by atoms with Crippen molar-refractivity contribution in [3.05, 3.63) is 77.9 Å². The molecular weight excluding hydrogens is 588 g/mol. The summed E-state index contributed by atoms with van der Waals surface area (Å²) >= 11 is 1.27. The minimum atomic E-state index is -4.01. The highest BCUT2D eigenvalue weighted by Crippen LogP contribution is 2.36. The van der Waals surface area contributed by atoms with E-state index in [0.29, 0.717) is 39.3 Å². The molecule has 1 atom stereocenters. The fraction of sp³-hybridized carbons (Fsp3) is 0.355. The number of carbonyl (C=O) groups excluding carboxylic acids is 1. The van der Waals surface area contributed by atoms with Crippen LogP contribution in [-0.2, 0) is 26.2 Å². The number of benzene rings is 2. The van der Waals surface area contributed by atoms with Crippen LogP contribution >= 0.6 is 11.3 Å². The first kappa shape index (κ1) is 30.6. The summed E-state index contributed by atoms with van der Waals surface area (Å²) in [5.41, 5.74) is 2.13. The van der Waals surface area contributed by atoms with E-state index in [1.165, 1.54) is 27.8 Å². The monoisotopic (exact) mass is 622 g/mol. The Morgan fingerprint density at radius 1 is 1.05 bits per heavy atom. The van der Waals surface area contributed by atoms with Gasteiger partial charge in [0.2, 0.25) is 21.8 Å². The van der Waals surface area contributed by atoms with E-state index < -0.39 is 21.9 Å². The minimum Gasteiger partial charge on any atom is -0.481 e. The van der Waals surface area contributed by atoms with Crippen LogP contribution in [0.2, 0.25) is 0 Å². The average molecular weight is 623 g/mol. The SMILES string of the molecule is COc1ccc2nc(NC(=O)C(CC3CCCC3)c3ccc(S(=O)(=O)N(CCC(=O)O)Cc4ccccc4)cc3)sc2n1. The molecule has 4 aromatic rings. The zero-order chi connectivity index (χ0) is 30.4. The highest BCUT2D eigenvalue weighted by Gasteiger charge is 2.29. The molecule has 226 valence electrons. The summed E-state index contributed by atoms with van der Waals surface area (Å²) in [5.74, 6) is -0.916. The molecule has 0 saturated heterocycles. The molecule has 43 heavy (non-hydrogen) atoms. The molecule has 2 aromatic heterocycles. The van der Waals surface area contributed by atoms with Gasteiger partial charge in [-0.25, -0.2) is 18.4 Å². The third-order valence-corrected chi connectivity index (χ3v) is 10.5. The van der Waals surface area contributed by atoms with Crippen LogP contribution in [0.25, 0.3) is 10.3 Å². The number of aliphatic carboxylic acids is 1. The Hall–Kier alpha value is -3.87. The number of anilines is 1. The summed E-state index contributed by atoms with van der Waals surface area (Å²) in [4.78, 5) is 34.6. The van der Waals surface area contributed by atoms with Crippen molar-refractivity contribution in [2.45, 2.75) is 55.9 Å². The molecule has 0 radical (unpaired) electrons. The molecule has 0 aliphatic heterocycles. The first-order chi connectivity index (χ1) is 20.7. The molecule has 1 aliphatic rings. The van der Waals surface area contributed by atoms with Crippen LogP contribution < -0.4 is 10.1 Å². The third-order valence-electron chi connectivity index (χ3n) is 7.73. The Kier molecular flexibility index (Phi) is 9.69. The Morgan fingerprint density at radius 3 is 2.44 bits per heavy atom. The molecule has 12 heteroatoms. The minimum absolute atomic E-state index is 0.0452. The molecule has 1 aliphatic carbocycles. The molecule has 1 fully saturated rings. The van der Waals surface area contributed by atoms with Gasteiger partial charge in [-0.05, 0) is 41.7 Å². The number of carboxylic acid groups (broad SMARTS) is 1. The Balaban J connectivity index is 1.38. The van der Waals surface area contributed by atoms with Gasteiger partial charge in [0.05, 0.1) is 24.3 Å². The van der Waals surface area contributed by atoms with Crippen LogP contribution in [0.15, 0.2) is 71.6 Å². The van der Waals surface area contributed by atoms with E-state index in [1.807, 2.05) is 18.2 Å². The highest BCUT2D eigenvalue weighted by atomic mass is 32.2. The van der Waals surface area contributed by atoms with Crippen molar-refractivity contribution in [1.29, 1.82) is 0 Å². The van der Waals surface area contributed by atoms with Gasteiger partial charge in [0.25, 0.3) is 0 Å². The Labute approximate surface area is 254 Å². The van der Waals surface area contributed by atoms with Crippen molar-refractivity contribution >= 4 is 48.7 Å². The van der Waals surface area contributed by atoms with Gasteiger partial charge in [-0.15, -0.1) is 0 Å². The number of ether oxygens (including phenoxy) is 1. The van der Waals surface area contributed by atoms with Crippen molar-refractivity contribution in [3.63, 3.8) is 0 Å². The van der Waals surface area contributed by atoms with Gasteiger partial charge < -0.3 is 15.2 Å². The van der Waals surface area contributed by atoms with E-state index in [4.69, 9.17) is 4.74 Å². The van der Waals surface area contributed by atoms with Gasteiger partial charge in [0.15, 0.2) is 5.13 Å². The van der Waals surface area contributed by atoms with Gasteiger partial charge >= 0.3 is 5.97 Å². The molecule has 1 saturated carbocycles. The molecule has 5 rings (SSSR count). The lowest BCUT2D eigenvalue weighted by Crippen LogP contribution is -2.32. The number of aromatic nitrogens is 2. The highest BCUT2D eigenvalue weighted by molar-refractivity contribution is 7.89. The number of thiazole rings is 1. The number of methoxy groups -OCH3 is 1. The molecule has 1 unspecified atom stereocenters. The number of carboxylic acids is 1. The second-order valence-corrected chi connectivity index (χ2v) is 13.6. The van der Waals surface area contributed by atoms with Gasteiger partial charge in [0.1, 0.15) is 10.3 Å². The molecule has 1 amide bonds. The summed E-state index contributed by atoms with van der Waals surface area (Å²) in [5, 5.41) is 12.6. The topological polar surface area (TPSA) is 139 Å². The van der Waals surface area contributed by atoms with E-state index in [-0.39, 0.29) is 30.3 Å². The standard InChI is InChI=1S/C31H34N4O6S2/c1-41-27-16-15-26-30(33-27)42-31(32-26)34-29(38)25(19-21-7-5-6-8-21)23-11-13-24(14-12-23)43(39,40)35(18-17-28(36)37)20-22-9-3-2-4-10-22/h2-4,9-16,21,25H,5-8,17-20H2,1H3,(H,36,37)(H,32,34,38). The van der Waals surface area contributed by atoms with Gasteiger partial charge in [-0.2, -0.15) is 4.31 Å². The number of nitrogens with one attached hydrogen (secondary N) is 1. The number of carbonyl (C=O) groups is 2. The number of hydrogen-bond donors (Lipinski definition) is 2. The van der Waals surface area contributed by atoms with Crippen molar-refractivity contribution in [2.24, 2.45) is 5.92 Å². The fourth-order valence-electron chi connectivity index (χ4n) is 5.45. The van der Waals surface area contributed by atoms with Crippen molar-refractivity contribution in [3.8, 4) is 5.88 Å². The van der Waals surface area contributed by atoms with Crippen molar-refractivity contribution in [2.75, 3.05) is 19.0 Å². The first-order valence-electron chi connectivity index (χ1n) is 14.2. The molecule has 2 aromatic carbocycles. The molecule has 2 heterocycles. The number of amides is 1. The molecule has 2 N–H and O–H groups in total. The van der Waals surface area contributed by atoms with Crippen LogP contribution in [0.5, 0.6) is 5.88 Å². The van der Waals surface area contributed by atoms with Crippen LogP contribution in [0.3, 0.4) is 0 Å². The lowest BCUT2D eigenvalue weighted by molar-refractivity contribution is -0.137. The normalized spacial score (nSPS) is 14.7. The predicted octanol–water partition coefficient (Wildman–Crippen LogP) is 5.67. The second-order valence-electron chi connectivity index (χ2n) is 10.7. The maximum absolute atomic E-state index is 13.7.